The lowest BCUT2D eigenvalue weighted by Gasteiger charge is -2.37. The fourth-order valence-corrected chi connectivity index (χ4v) is 2.65. The summed E-state index contributed by atoms with van der Waals surface area (Å²) < 4.78 is 5.46. The van der Waals surface area contributed by atoms with Crippen LogP contribution in [0.15, 0.2) is 0 Å². The van der Waals surface area contributed by atoms with Crippen LogP contribution >= 0.6 is 0 Å². The second-order valence-corrected chi connectivity index (χ2v) is 5.04. The van der Waals surface area contributed by atoms with Gasteiger partial charge in [-0.2, -0.15) is 0 Å². The smallest absolute Gasteiger partial charge is 0.0471 e. The fourth-order valence-electron chi connectivity index (χ4n) is 2.65. The fraction of sp³-hybridized carbons (Fsp3) is 1.00. The molecule has 0 spiro atoms. The van der Waals surface area contributed by atoms with Crippen molar-refractivity contribution in [3.8, 4) is 0 Å². The minimum atomic E-state index is 0.515. The molecule has 0 amide bonds. The first-order chi connectivity index (χ1) is 7.35. The van der Waals surface area contributed by atoms with Crippen LogP contribution in [-0.2, 0) is 4.74 Å². The Balaban J connectivity index is 1.78. The van der Waals surface area contributed by atoms with E-state index in [4.69, 9.17) is 4.74 Å². The van der Waals surface area contributed by atoms with Crippen LogP contribution in [0, 0.1) is 5.41 Å². The predicted molar refractivity (Wildman–Crippen MR) is 62.1 cm³/mol. The molecule has 0 aromatic rings. The summed E-state index contributed by atoms with van der Waals surface area (Å²) in [7, 11) is 0. The van der Waals surface area contributed by atoms with Crippen molar-refractivity contribution in [3.05, 3.63) is 0 Å². The molecule has 2 rings (SSSR count). The van der Waals surface area contributed by atoms with Gasteiger partial charge in [-0.15, -0.1) is 0 Å². The third-order valence-electron chi connectivity index (χ3n) is 4.13. The van der Waals surface area contributed by atoms with E-state index in [1.165, 1.54) is 38.8 Å². The van der Waals surface area contributed by atoms with Gasteiger partial charge in [-0.1, -0.05) is 6.92 Å². The Hall–Kier alpha value is -0.120. The van der Waals surface area contributed by atoms with E-state index >= 15 is 0 Å². The average Bonchev–Trinajstić information content (AvgIpc) is 2.81. The molecule has 2 aliphatic rings. The normalized spacial score (nSPS) is 30.6. The lowest BCUT2D eigenvalue weighted by Crippen LogP contribution is -2.43. The number of rotatable bonds is 4. The van der Waals surface area contributed by atoms with Gasteiger partial charge in [-0.05, 0) is 37.6 Å². The molecule has 1 atom stereocenters. The van der Waals surface area contributed by atoms with E-state index in [-0.39, 0.29) is 0 Å². The van der Waals surface area contributed by atoms with E-state index in [1.54, 1.807) is 0 Å². The van der Waals surface area contributed by atoms with E-state index in [0.717, 1.165) is 19.8 Å². The van der Waals surface area contributed by atoms with Crippen LogP contribution in [-0.4, -0.2) is 38.9 Å². The van der Waals surface area contributed by atoms with Crippen LogP contribution < -0.4 is 10.6 Å². The SMILES string of the molecule is CCC1(CNC2CCNC2)CCOCC1. The number of hydrogen-bond donors (Lipinski definition) is 2. The van der Waals surface area contributed by atoms with Crippen molar-refractivity contribution in [1.29, 1.82) is 0 Å². The Morgan fingerprint density at radius 2 is 2.20 bits per heavy atom. The van der Waals surface area contributed by atoms with Gasteiger partial charge in [0.1, 0.15) is 0 Å². The number of ether oxygens (including phenoxy) is 1. The van der Waals surface area contributed by atoms with Gasteiger partial charge in [0.15, 0.2) is 0 Å². The number of hydrogen-bond acceptors (Lipinski definition) is 3. The standard InChI is InChI=1S/C12H24N2O/c1-2-12(4-7-15-8-5-12)10-14-11-3-6-13-9-11/h11,13-14H,2-10H2,1H3. The molecule has 0 aromatic heterocycles. The Kier molecular flexibility index (Phi) is 4.00. The third kappa shape index (κ3) is 2.92. The Labute approximate surface area is 93.0 Å². The van der Waals surface area contributed by atoms with Gasteiger partial charge in [-0.3, -0.25) is 0 Å². The summed E-state index contributed by atoms with van der Waals surface area (Å²) in [6, 6.07) is 0.705. The minimum Gasteiger partial charge on any atom is -0.381 e. The quantitative estimate of drug-likeness (QED) is 0.733. The van der Waals surface area contributed by atoms with Crippen molar-refractivity contribution in [2.45, 2.75) is 38.6 Å². The lowest BCUT2D eigenvalue weighted by atomic mass is 9.77. The topological polar surface area (TPSA) is 33.3 Å². The van der Waals surface area contributed by atoms with Crippen molar-refractivity contribution in [2.24, 2.45) is 5.41 Å². The monoisotopic (exact) mass is 212 g/mol. The number of nitrogens with one attached hydrogen (secondary N) is 2. The van der Waals surface area contributed by atoms with Crippen molar-refractivity contribution in [3.63, 3.8) is 0 Å². The van der Waals surface area contributed by atoms with Gasteiger partial charge in [0.25, 0.3) is 0 Å². The molecule has 2 N–H and O–H groups in total. The van der Waals surface area contributed by atoms with Crippen LogP contribution in [0.2, 0.25) is 0 Å². The molecule has 2 heterocycles. The van der Waals surface area contributed by atoms with Gasteiger partial charge in [-0.25, -0.2) is 0 Å². The summed E-state index contributed by atoms with van der Waals surface area (Å²) in [6.45, 7) is 7.74. The molecule has 2 aliphatic heterocycles. The zero-order valence-electron chi connectivity index (χ0n) is 9.85. The Morgan fingerprint density at radius 1 is 1.40 bits per heavy atom. The summed E-state index contributed by atoms with van der Waals surface area (Å²) in [5.74, 6) is 0. The minimum absolute atomic E-state index is 0.515. The zero-order valence-corrected chi connectivity index (χ0v) is 9.85. The van der Waals surface area contributed by atoms with Gasteiger partial charge >= 0.3 is 0 Å². The second kappa shape index (κ2) is 5.28. The van der Waals surface area contributed by atoms with Crippen molar-refractivity contribution in [1.82, 2.24) is 10.6 Å². The zero-order chi connectivity index (χ0) is 10.6. The van der Waals surface area contributed by atoms with Crippen LogP contribution in [0.3, 0.4) is 0 Å². The summed E-state index contributed by atoms with van der Waals surface area (Å²) >= 11 is 0. The van der Waals surface area contributed by atoms with Crippen molar-refractivity contribution < 1.29 is 4.74 Å². The first kappa shape index (κ1) is 11.4. The van der Waals surface area contributed by atoms with Crippen LogP contribution in [0.5, 0.6) is 0 Å². The average molecular weight is 212 g/mol. The molecule has 2 fully saturated rings. The highest BCUT2D eigenvalue weighted by Gasteiger charge is 2.31. The van der Waals surface area contributed by atoms with Crippen LogP contribution in [0.4, 0.5) is 0 Å². The summed E-state index contributed by atoms with van der Waals surface area (Å²) in [5, 5.41) is 7.13. The Bertz CT molecular complexity index is 184. The molecule has 1 unspecified atom stereocenters. The summed E-state index contributed by atoms with van der Waals surface area (Å²) in [5.41, 5.74) is 0.515. The molecule has 0 aliphatic carbocycles. The highest BCUT2D eigenvalue weighted by atomic mass is 16.5. The largest absolute Gasteiger partial charge is 0.381 e. The molecule has 0 aromatic carbocycles. The lowest BCUT2D eigenvalue weighted by molar-refractivity contribution is 0.0118. The van der Waals surface area contributed by atoms with Gasteiger partial charge in [0.2, 0.25) is 0 Å². The molecule has 0 saturated carbocycles. The molecule has 0 radical (unpaired) electrons. The molecule has 15 heavy (non-hydrogen) atoms. The first-order valence-corrected chi connectivity index (χ1v) is 6.36. The third-order valence-corrected chi connectivity index (χ3v) is 4.13. The molecule has 3 nitrogen and oxygen atoms in total. The van der Waals surface area contributed by atoms with E-state index in [1.807, 2.05) is 0 Å². The maximum Gasteiger partial charge on any atom is 0.0471 e. The molecule has 3 heteroatoms. The van der Waals surface area contributed by atoms with E-state index in [2.05, 4.69) is 17.6 Å². The molecule has 88 valence electrons. The first-order valence-electron chi connectivity index (χ1n) is 6.36. The predicted octanol–water partition coefficient (Wildman–Crippen LogP) is 1.14. The Morgan fingerprint density at radius 3 is 2.80 bits per heavy atom. The molecular weight excluding hydrogens is 188 g/mol. The van der Waals surface area contributed by atoms with Crippen LogP contribution in [0.25, 0.3) is 0 Å². The van der Waals surface area contributed by atoms with Gasteiger partial charge in [0.05, 0.1) is 0 Å². The maximum atomic E-state index is 5.46. The van der Waals surface area contributed by atoms with Crippen molar-refractivity contribution >= 4 is 0 Å². The molecule has 2 saturated heterocycles. The van der Waals surface area contributed by atoms with Gasteiger partial charge < -0.3 is 15.4 Å². The highest BCUT2D eigenvalue weighted by molar-refractivity contribution is 4.86. The highest BCUT2D eigenvalue weighted by Crippen LogP contribution is 2.33. The van der Waals surface area contributed by atoms with Crippen molar-refractivity contribution in [2.75, 3.05) is 32.8 Å². The van der Waals surface area contributed by atoms with Crippen LogP contribution in [0.1, 0.15) is 32.6 Å². The van der Waals surface area contributed by atoms with Gasteiger partial charge in [0, 0.05) is 32.3 Å². The maximum absolute atomic E-state index is 5.46. The van der Waals surface area contributed by atoms with E-state index in [9.17, 15) is 0 Å². The van der Waals surface area contributed by atoms with E-state index < -0.39 is 0 Å². The van der Waals surface area contributed by atoms with E-state index in [0.29, 0.717) is 11.5 Å². The summed E-state index contributed by atoms with van der Waals surface area (Å²) in [6.07, 6.45) is 5.03. The molecule has 0 bridgehead atoms. The summed E-state index contributed by atoms with van der Waals surface area (Å²) in [4.78, 5) is 0. The molecular formula is C12H24N2O. The second-order valence-electron chi connectivity index (χ2n) is 5.04.